The highest BCUT2D eigenvalue weighted by Crippen LogP contribution is 2.31. The molecule has 0 N–H and O–H groups in total. The molecule has 14 rings (SSSR count). The number of anilines is 4. The molecule has 0 saturated carbocycles. The minimum absolute atomic E-state index is 0. The molecule has 119 heavy (non-hydrogen) atoms. The lowest BCUT2D eigenvalue weighted by Crippen LogP contribution is -2.29. The number of halogens is 1. The molecular weight excluding hydrogens is 1450 g/mol. The van der Waals surface area contributed by atoms with Crippen LogP contribution in [0.1, 0.15) is 333 Å². The summed E-state index contributed by atoms with van der Waals surface area (Å²) in [6, 6.07) is 80.5. The lowest BCUT2D eigenvalue weighted by atomic mass is 10.00. The molecule has 1 aromatic heterocycles. The summed E-state index contributed by atoms with van der Waals surface area (Å²) in [6.07, 6.45) is 9.87. The number of ether oxygens (including phenoxy) is 1. The normalized spacial score (nSPS) is 13.7. The van der Waals surface area contributed by atoms with Crippen molar-refractivity contribution in [3.05, 3.63) is 320 Å². The number of aromatic nitrogens is 1. The van der Waals surface area contributed by atoms with E-state index in [1.165, 1.54) is 164 Å². The zero-order valence-corrected chi connectivity index (χ0v) is 78.7. The van der Waals surface area contributed by atoms with Gasteiger partial charge in [-0.1, -0.05) is 332 Å². The summed E-state index contributed by atoms with van der Waals surface area (Å²) in [7, 11) is 4.14. The van der Waals surface area contributed by atoms with Crippen LogP contribution in [0.15, 0.2) is 231 Å². The van der Waals surface area contributed by atoms with Crippen LogP contribution in [0.25, 0.3) is 0 Å². The molecule has 0 radical (unpaired) electrons. The molecule has 5 heterocycles. The maximum absolute atomic E-state index is 13.1. The first kappa shape index (κ1) is 102. The molecule has 6 nitrogen and oxygen atoms in total. The first-order valence-electron chi connectivity index (χ1n) is 45.0. The van der Waals surface area contributed by atoms with Gasteiger partial charge in [-0.15, -0.1) is 0 Å². The first-order valence-corrected chi connectivity index (χ1v) is 45.0. The largest absolute Gasteiger partial charge is 0.493 e. The zero-order chi connectivity index (χ0) is 87.0. The molecule has 3 fully saturated rings. The van der Waals surface area contributed by atoms with Gasteiger partial charge in [0.05, 0.1) is 6.61 Å². The first-order chi connectivity index (χ1) is 56.1. The highest BCUT2D eigenvalue weighted by atomic mass is 19.1. The average molecular weight is 1610 g/mol. The average Bonchev–Trinajstić information content (AvgIpc) is 1.74. The quantitative estimate of drug-likeness (QED) is 0.108. The second kappa shape index (κ2) is 54.4. The van der Waals surface area contributed by atoms with Gasteiger partial charge in [0.1, 0.15) is 11.9 Å². The Morgan fingerprint density at radius 1 is 0.328 bits per heavy atom. The molecule has 7 heteroatoms. The highest BCUT2D eigenvalue weighted by molar-refractivity contribution is 5.53. The number of benzene rings is 9. The molecular formula is C112H162FN5O. The van der Waals surface area contributed by atoms with E-state index in [-0.39, 0.29) is 7.43 Å². The Hall–Kier alpha value is -8.94. The second-order valence-electron chi connectivity index (χ2n) is 36.3. The molecule has 648 valence electrons. The highest BCUT2D eigenvalue weighted by Gasteiger charge is 2.23. The number of aryl methyl sites for hydroxylation is 5. The van der Waals surface area contributed by atoms with E-state index in [1.807, 2.05) is 13.1 Å². The van der Waals surface area contributed by atoms with Gasteiger partial charge in [0, 0.05) is 94.4 Å². The predicted octanol–water partition coefficient (Wildman–Crippen LogP) is 31.8. The third-order valence-electron chi connectivity index (χ3n) is 22.2. The van der Waals surface area contributed by atoms with Gasteiger partial charge in [-0.05, 0) is 254 Å². The third-order valence-corrected chi connectivity index (χ3v) is 22.2. The minimum Gasteiger partial charge on any atom is -0.493 e. The van der Waals surface area contributed by atoms with Gasteiger partial charge in [0.2, 0.25) is 0 Å². The molecule has 1 atom stereocenters. The van der Waals surface area contributed by atoms with Crippen molar-refractivity contribution in [1.82, 2.24) is 4.98 Å². The Balaban J connectivity index is 0.000000279. The molecule has 0 amide bonds. The van der Waals surface area contributed by atoms with Gasteiger partial charge in [-0.25, -0.2) is 4.39 Å². The monoisotopic (exact) mass is 1610 g/mol. The van der Waals surface area contributed by atoms with Gasteiger partial charge in [-0.3, -0.25) is 4.98 Å². The minimum atomic E-state index is -0.646. The fourth-order valence-electron chi connectivity index (χ4n) is 14.0. The van der Waals surface area contributed by atoms with Crippen molar-refractivity contribution in [2.45, 2.75) is 291 Å². The van der Waals surface area contributed by atoms with E-state index in [0.717, 1.165) is 31.0 Å². The van der Waals surface area contributed by atoms with Crippen LogP contribution in [-0.2, 0) is 6.42 Å². The fourth-order valence-corrected chi connectivity index (χ4v) is 14.0. The van der Waals surface area contributed by atoms with Crippen LogP contribution in [0.3, 0.4) is 0 Å². The van der Waals surface area contributed by atoms with E-state index in [4.69, 9.17) is 4.74 Å². The Labute approximate surface area is 728 Å². The molecule has 0 spiro atoms. The van der Waals surface area contributed by atoms with Crippen LogP contribution in [-0.4, -0.2) is 71.1 Å². The van der Waals surface area contributed by atoms with E-state index in [2.05, 4.69) is 429 Å². The van der Waals surface area contributed by atoms with Crippen molar-refractivity contribution < 1.29 is 9.13 Å². The lowest BCUT2D eigenvalue weighted by Gasteiger charge is -2.29. The number of hydrogen-bond acceptors (Lipinski definition) is 6. The van der Waals surface area contributed by atoms with Crippen molar-refractivity contribution >= 4 is 22.7 Å². The summed E-state index contributed by atoms with van der Waals surface area (Å²) in [5.74, 6) is 7.33. The Morgan fingerprint density at radius 3 is 0.933 bits per heavy atom. The van der Waals surface area contributed by atoms with Crippen molar-refractivity contribution in [1.29, 1.82) is 0 Å². The van der Waals surface area contributed by atoms with Crippen molar-refractivity contribution in [3.63, 3.8) is 0 Å². The Bertz CT molecular complexity index is 4120. The standard InChI is InChI=1S/C14H21N.C13H18FN.C13H19N.C11H17N.C11H14O.4C10H14.C9H13N.CH4/c1-12(2)13-7-6-8-14(11-13)15-9-4-3-5-10-15;1-10(2)11-4-3-5-13(8-11)15-7-6-12(14)9-15;1-11(2)12-6-5-7-13(10-12)14-8-3-4-9-14;1-9(2)10-6-5-7-11(8-10)12(3)4;1-8(2)9-3-4-11-10(7-9)5-6-12-11;4*1-8(2)10-6-4-5-9(3)7-10;1-7(2)9-5-4-8(3)10-6-9;/h6-8,11-12H,3-5,9-10H2,1-2H3;3-5,8,10,12H,6-7,9H2,1-2H3;5-7,10-11H,3-4,8-9H2,1-2H3;5-9H,1-4H3;3-4,7-8H,5-6H2,1-2H3;4*4-8H,1-3H3;4-7H,1-3H3;1H4. The smallest absolute Gasteiger partial charge is 0.122 e. The topological polar surface area (TPSA) is 35.1 Å². The van der Waals surface area contributed by atoms with Crippen molar-refractivity contribution in [2.75, 3.05) is 79.6 Å². The van der Waals surface area contributed by atoms with Crippen LogP contribution in [0.2, 0.25) is 0 Å². The zero-order valence-electron chi connectivity index (χ0n) is 78.7. The second-order valence-corrected chi connectivity index (χ2v) is 36.3. The third kappa shape index (κ3) is 38.6. The van der Waals surface area contributed by atoms with Crippen LogP contribution in [0.5, 0.6) is 5.75 Å². The summed E-state index contributed by atoms with van der Waals surface area (Å²) in [5, 5.41) is 0. The predicted molar refractivity (Wildman–Crippen MR) is 526 cm³/mol. The number of piperidine rings is 1. The molecule has 3 saturated heterocycles. The number of fused-ring (bicyclic) bond motifs is 1. The van der Waals surface area contributed by atoms with Crippen molar-refractivity contribution in [2.24, 2.45) is 0 Å². The van der Waals surface area contributed by atoms with Gasteiger partial charge in [0.15, 0.2) is 0 Å². The van der Waals surface area contributed by atoms with E-state index in [0.29, 0.717) is 72.1 Å². The fraction of sp³-hybridized carbons (Fsp3) is 0.473. The summed E-state index contributed by atoms with van der Waals surface area (Å²) in [4.78, 5) is 13.5. The number of alkyl halides is 1. The Morgan fingerprint density at radius 2 is 0.630 bits per heavy atom. The molecule has 4 aliphatic rings. The summed E-state index contributed by atoms with van der Waals surface area (Å²) >= 11 is 0. The van der Waals surface area contributed by atoms with Gasteiger partial charge >= 0.3 is 0 Å². The number of hydrogen-bond donors (Lipinski definition) is 0. The van der Waals surface area contributed by atoms with Gasteiger partial charge < -0.3 is 24.3 Å². The molecule has 4 aliphatic heterocycles. The van der Waals surface area contributed by atoms with Crippen LogP contribution in [0.4, 0.5) is 27.1 Å². The molecule has 10 aromatic rings. The van der Waals surface area contributed by atoms with Crippen molar-refractivity contribution in [3.8, 4) is 5.75 Å². The van der Waals surface area contributed by atoms with E-state index < -0.39 is 6.17 Å². The molecule has 0 bridgehead atoms. The van der Waals surface area contributed by atoms with E-state index in [1.54, 1.807) is 0 Å². The number of nitrogens with zero attached hydrogens (tertiary/aromatic N) is 5. The molecule has 0 aliphatic carbocycles. The number of rotatable bonds is 14. The van der Waals surface area contributed by atoms with Gasteiger partial charge in [0.25, 0.3) is 0 Å². The van der Waals surface area contributed by atoms with E-state index in [9.17, 15) is 4.39 Å². The number of pyridine rings is 1. The SMILES string of the molecule is C.CC(C)c1ccc2c(c1)CCO2.CC(C)c1cccc(N(C)C)c1.CC(C)c1cccc(N2CCC(F)C2)c1.CC(C)c1cccc(N2CCCC2)c1.CC(C)c1cccc(N2CCCCC2)c1.Cc1ccc(C(C)C)cn1.Cc1cccc(C(C)C)c1.Cc1cccc(C(C)C)c1.Cc1cccc(C(C)C)c1.Cc1cccc(C(C)C)c1. The summed E-state index contributed by atoms with van der Waals surface area (Å²) < 4.78 is 18.5. The molecule has 9 aromatic carbocycles. The Kier molecular flexibility index (Phi) is 46.8. The van der Waals surface area contributed by atoms with Crippen LogP contribution < -0.4 is 24.3 Å². The summed E-state index contributed by atoms with van der Waals surface area (Å²) in [6.45, 7) is 62.1. The van der Waals surface area contributed by atoms with Crippen LogP contribution in [0, 0.1) is 34.6 Å². The summed E-state index contributed by atoms with van der Waals surface area (Å²) in [5.41, 5.74) is 27.2. The van der Waals surface area contributed by atoms with Crippen LogP contribution >= 0.6 is 0 Å². The molecule has 1 unspecified atom stereocenters. The maximum atomic E-state index is 13.1. The lowest BCUT2D eigenvalue weighted by molar-refractivity contribution is 0.357. The van der Waals surface area contributed by atoms with E-state index >= 15 is 0 Å². The maximum Gasteiger partial charge on any atom is 0.122 e. The van der Waals surface area contributed by atoms with Gasteiger partial charge in [-0.2, -0.15) is 0 Å².